The number of anilines is 1. The lowest BCUT2D eigenvalue weighted by Gasteiger charge is -2.23. The van der Waals surface area contributed by atoms with Crippen LogP contribution in [0.5, 0.6) is 0 Å². The fourth-order valence-electron chi connectivity index (χ4n) is 6.93. The van der Waals surface area contributed by atoms with Gasteiger partial charge in [-0.05, 0) is 31.0 Å². The number of carbonyl (C=O) groups excluding carboxylic acids is 3. The minimum atomic E-state index is -4.91. The molecular formula is C41H39Cl8N3O7S. The Balaban J connectivity index is 0.000000363. The van der Waals surface area contributed by atoms with Crippen molar-refractivity contribution in [3.05, 3.63) is 92.4 Å². The van der Waals surface area contributed by atoms with Crippen molar-refractivity contribution in [2.24, 2.45) is 0 Å². The summed E-state index contributed by atoms with van der Waals surface area (Å²) >= 11 is 49.3. The summed E-state index contributed by atoms with van der Waals surface area (Å²) in [7, 11) is 1.94. The summed E-state index contributed by atoms with van der Waals surface area (Å²) < 4.78 is 35.3. The molecule has 4 aromatic rings. The topological polar surface area (TPSA) is 145 Å². The summed E-state index contributed by atoms with van der Waals surface area (Å²) in [5.74, 6) is -3.98. The van der Waals surface area contributed by atoms with E-state index in [1.165, 1.54) is 82.9 Å². The zero-order valence-electron chi connectivity index (χ0n) is 32.8. The fraction of sp³-hybridized carbons (Fsp3) is 0.366. The number of pyridine rings is 1. The van der Waals surface area contributed by atoms with E-state index in [2.05, 4.69) is 33.1 Å². The van der Waals surface area contributed by atoms with E-state index in [0.717, 1.165) is 16.6 Å². The molecule has 2 amide bonds. The number of imide groups is 1. The summed E-state index contributed by atoms with van der Waals surface area (Å²) in [5, 5.41) is 10.8. The van der Waals surface area contributed by atoms with Crippen LogP contribution in [-0.2, 0) is 10.1 Å². The Kier molecular flexibility index (Phi) is 15.9. The van der Waals surface area contributed by atoms with Gasteiger partial charge in [0.2, 0.25) is 0 Å². The van der Waals surface area contributed by atoms with Crippen LogP contribution >= 0.6 is 92.8 Å². The smallest absolute Gasteiger partial charge is 0.294 e. The van der Waals surface area contributed by atoms with E-state index in [-0.39, 0.29) is 57.9 Å². The van der Waals surface area contributed by atoms with E-state index in [1.807, 2.05) is 0 Å². The van der Waals surface area contributed by atoms with Gasteiger partial charge >= 0.3 is 0 Å². The lowest BCUT2D eigenvalue weighted by atomic mass is 10.0. The maximum absolute atomic E-state index is 13.6. The number of aromatic nitrogens is 1. The molecular weight excluding hydrogens is 962 g/mol. The summed E-state index contributed by atoms with van der Waals surface area (Å²) in [6.45, 7) is 3.62. The second-order valence-corrected chi connectivity index (χ2v) is 19.8. The number of benzene rings is 3. The van der Waals surface area contributed by atoms with E-state index in [4.69, 9.17) is 92.8 Å². The van der Waals surface area contributed by atoms with E-state index in [0.29, 0.717) is 4.90 Å². The Hall–Kier alpha value is -2.39. The first-order chi connectivity index (χ1) is 28.0. The molecule has 0 atom stereocenters. The van der Waals surface area contributed by atoms with Crippen molar-refractivity contribution < 1.29 is 36.9 Å². The molecule has 3 aromatic carbocycles. The number of ketones is 1. The van der Waals surface area contributed by atoms with Gasteiger partial charge in [-0.2, -0.15) is 8.42 Å². The molecule has 0 radical (unpaired) electrons. The standard InChI is InChI=1S/C26H6Cl8N2O7S.C15H34N/c27-14-10-11(15(28)19(32)18(14)31)24(38)9(23(10)37)7-2-1-5-3-6(44(41,42)43)4-8(22(5)35-7)36-25(39)12-13(26(36)40)17(30)21(34)20(33)16(12)29;1-5-6-7-8-9-10-11-12-13-14-15-16(2,3)4/h1-4,37H,(H,41,42,43);5-15H2,1-4H3/q;+1/p-1. The molecule has 0 unspecified atom stereocenters. The number of quaternary nitrogens is 1. The number of hydrogen-bond donors (Lipinski definition) is 1. The lowest BCUT2D eigenvalue weighted by molar-refractivity contribution is -0.870. The second-order valence-electron chi connectivity index (χ2n) is 15.4. The molecule has 1 aromatic heterocycles. The summed E-state index contributed by atoms with van der Waals surface area (Å²) in [6, 6.07) is 4.20. The van der Waals surface area contributed by atoms with Crippen molar-refractivity contribution in [1.82, 2.24) is 4.98 Å². The number of rotatable bonds is 14. The van der Waals surface area contributed by atoms with Gasteiger partial charge < -0.3 is 9.59 Å². The number of Topliss-reactive ketones (excluding diaryl/α,β-unsaturated/α-hetero) is 1. The van der Waals surface area contributed by atoms with Crippen molar-refractivity contribution in [3.63, 3.8) is 0 Å². The van der Waals surface area contributed by atoms with Gasteiger partial charge in [0, 0.05) is 16.5 Å². The number of hydrogen-bond acceptors (Lipinski definition) is 7. The van der Waals surface area contributed by atoms with Crippen LogP contribution in [-0.4, -0.2) is 67.7 Å². The Morgan fingerprint density at radius 2 is 1.10 bits per heavy atom. The number of unbranched alkanes of at least 4 members (excludes halogenated alkanes) is 9. The molecule has 1 N–H and O–H groups in total. The molecule has 322 valence electrons. The van der Waals surface area contributed by atoms with Crippen LogP contribution in [0.4, 0.5) is 5.69 Å². The van der Waals surface area contributed by atoms with Gasteiger partial charge in [0.15, 0.2) is 5.78 Å². The molecule has 0 saturated carbocycles. The molecule has 0 saturated heterocycles. The number of halogens is 8. The van der Waals surface area contributed by atoms with E-state index in [1.54, 1.807) is 0 Å². The third-order valence-electron chi connectivity index (χ3n) is 10.00. The summed E-state index contributed by atoms with van der Waals surface area (Å²) in [6.07, 6.45) is 14.4. The quantitative estimate of drug-likeness (QED) is 0.0328. The van der Waals surface area contributed by atoms with Gasteiger partial charge in [0.1, 0.15) is 0 Å². The highest BCUT2D eigenvalue weighted by Crippen LogP contribution is 2.50. The number of allylic oxidation sites excluding steroid dienone is 1. The Bertz CT molecular complexity index is 2530. The number of nitrogens with zero attached hydrogens (tertiary/aromatic N) is 3. The van der Waals surface area contributed by atoms with Crippen molar-refractivity contribution in [1.29, 1.82) is 0 Å². The molecule has 0 bridgehead atoms. The van der Waals surface area contributed by atoms with E-state index < -0.39 is 70.8 Å². The Morgan fingerprint density at radius 1 is 0.650 bits per heavy atom. The molecule has 2 aliphatic rings. The lowest BCUT2D eigenvalue weighted by Crippen LogP contribution is -2.35. The number of carbonyl (C=O) groups is 3. The first-order valence-electron chi connectivity index (χ1n) is 18.8. The molecule has 6 rings (SSSR count). The van der Waals surface area contributed by atoms with Crippen molar-refractivity contribution in [3.8, 4) is 0 Å². The molecule has 0 fully saturated rings. The van der Waals surface area contributed by atoms with Crippen LogP contribution in [0, 0.1) is 0 Å². The van der Waals surface area contributed by atoms with Crippen LogP contribution in [0.25, 0.3) is 22.2 Å². The van der Waals surface area contributed by atoms with Crippen LogP contribution in [0.1, 0.15) is 113 Å². The molecule has 19 heteroatoms. The van der Waals surface area contributed by atoms with Gasteiger partial charge in [0.05, 0.1) is 106 Å². The average Bonchev–Trinajstić information content (AvgIpc) is 3.61. The predicted octanol–water partition coefficient (Wildman–Crippen LogP) is 12.5. The van der Waals surface area contributed by atoms with Crippen LogP contribution in [0.15, 0.2) is 29.2 Å². The summed E-state index contributed by atoms with van der Waals surface area (Å²) in [5.41, 5.74) is -3.01. The highest BCUT2D eigenvalue weighted by molar-refractivity contribution is 7.85. The average molecular weight is 1000 g/mol. The van der Waals surface area contributed by atoms with Crippen LogP contribution < -0.4 is 10.0 Å². The molecule has 2 heterocycles. The van der Waals surface area contributed by atoms with Gasteiger partial charge in [0.25, 0.3) is 21.9 Å². The molecule has 60 heavy (non-hydrogen) atoms. The van der Waals surface area contributed by atoms with Gasteiger partial charge in [-0.1, -0.05) is 163 Å². The minimum Gasteiger partial charge on any atom is -0.871 e. The van der Waals surface area contributed by atoms with E-state index >= 15 is 0 Å². The van der Waals surface area contributed by atoms with Crippen molar-refractivity contribution in [2.45, 2.75) is 76.0 Å². The predicted molar refractivity (Wildman–Crippen MR) is 242 cm³/mol. The highest BCUT2D eigenvalue weighted by Gasteiger charge is 2.44. The molecule has 0 spiro atoms. The molecule has 10 nitrogen and oxygen atoms in total. The van der Waals surface area contributed by atoms with Gasteiger partial charge in [-0.3, -0.25) is 18.9 Å². The SMILES string of the molecule is CCCCCCCCCCCC[N+](C)(C)C.O=C1C(c2ccc3cc(S(=O)(=O)O)cc(N4C(=O)c5c(Cl)c(Cl)c(Cl)c(Cl)c5C4=O)c3n2)=C([O-])c2c(Cl)c(Cl)c(Cl)c(Cl)c21. The Morgan fingerprint density at radius 3 is 1.57 bits per heavy atom. The van der Waals surface area contributed by atoms with Gasteiger partial charge in [-0.25, -0.2) is 9.88 Å². The first-order valence-corrected chi connectivity index (χ1v) is 23.3. The van der Waals surface area contributed by atoms with Crippen molar-refractivity contribution >= 4 is 148 Å². The zero-order valence-corrected chi connectivity index (χ0v) is 39.6. The van der Waals surface area contributed by atoms with Crippen LogP contribution in [0.3, 0.4) is 0 Å². The largest absolute Gasteiger partial charge is 0.871 e. The maximum atomic E-state index is 13.6. The second kappa shape index (κ2) is 19.6. The Labute approximate surface area is 388 Å². The molecule has 1 aliphatic carbocycles. The van der Waals surface area contributed by atoms with Crippen molar-refractivity contribution in [2.75, 3.05) is 32.6 Å². The van der Waals surface area contributed by atoms with E-state index in [9.17, 15) is 32.5 Å². The third kappa shape index (κ3) is 9.87. The third-order valence-corrected chi connectivity index (χ3v) is 14.4. The summed E-state index contributed by atoms with van der Waals surface area (Å²) in [4.78, 5) is 44.9. The number of amides is 2. The first kappa shape index (κ1) is 48.6. The van der Waals surface area contributed by atoms with Crippen LogP contribution in [0.2, 0.25) is 40.2 Å². The fourth-order valence-corrected chi connectivity index (χ4v) is 9.51. The highest BCUT2D eigenvalue weighted by atomic mass is 35.5. The molecule has 1 aliphatic heterocycles. The maximum Gasteiger partial charge on any atom is 0.294 e. The monoisotopic (exact) mass is 997 g/mol. The normalized spacial score (nSPS) is 14.0. The number of fused-ring (bicyclic) bond motifs is 3. The minimum absolute atomic E-state index is 0.0400. The van der Waals surface area contributed by atoms with Gasteiger partial charge in [-0.15, -0.1) is 0 Å². The zero-order chi connectivity index (χ0) is 44.6.